The molecule has 4 nitrogen and oxygen atoms in total. The SMILES string of the molecule is COc1ccc(OC)c(S(=O)(=O)Cc2ccsc2)c1. The number of rotatable bonds is 5. The Morgan fingerprint density at radius 3 is 2.53 bits per heavy atom. The lowest BCUT2D eigenvalue weighted by molar-refractivity contribution is 0.392. The highest BCUT2D eigenvalue weighted by molar-refractivity contribution is 7.90. The van der Waals surface area contributed by atoms with E-state index >= 15 is 0 Å². The summed E-state index contributed by atoms with van der Waals surface area (Å²) < 4.78 is 35.0. The summed E-state index contributed by atoms with van der Waals surface area (Å²) in [5.41, 5.74) is 0.773. The van der Waals surface area contributed by atoms with E-state index in [1.165, 1.54) is 31.6 Å². The van der Waals surface area contributed by atoms with E-state index in [-0.39, 0.29) is 10.6 Å². The van der Waals surface area contributed by atoms with Crippen LogP contribution in [0.5, 0.6) is 11.5 Å². The van der Waals surface area contributed by atoms with Crippen molar-refractivity contribution in [3.05, 3.63) is 40.6 Å². The first kappa shape index (κ1) is 13.9. The Labute approximate surface area is 116 Å². The fourth-order valence-corrected chi connectivity index (χ4v) is 4.00. The molecule has 0 unspecified atom stereocenters. The molecule has 0 radical (unpaired) electrons. The second-order valence-electron chi connectivity index (χ2n) is 3.91. The molecule has 0 aliphatic heterocycles. The highest BCUT2D eigenvalue weighted by atomic mass is 32.2. The van der Waals surface area contributed by atoms with Crippen molar-refractivity contribution in [2.24, 2.45) is 0 Å². The van der Waals surface area contributed by atoms with E-state index in [2.05, 4.69) is 0 Å². The lowest BCUT2D eigenvalue weighted by atomic mass is 10.3. The first-order valence-electron chi connectivity index (χ1n) is 5.52. The van der Waals surface area contributed by atoms with E-state index in [9.17, 15) is 8.42 Å². The maximum absolute atomic E-state index is 12.4. The fraction of sp³-hybridized carbons (Fsp3) is 0.231. The zero-order valence-electron chi connectivity index (χ0n) is 10.6. The summed E-state index contributed by atoms with van der Waals surface area (Å²) >= 11 is 1.47. The molecule has 0 aliphatic rings. The summed E-state index contributed by atoms with van der Waals surface area (Å²) in [5, 5.41) is 3.68. The minimum atomic E-state index is -3.46. The molecule has 2 rings (SSSR count). The molecule has 0 bridgehead atoms. The quantitative estimate of drug-likeness (QED) is 0.851. The predicted molar refractivity (Wildman–Crippen MR) is 74.8 cm³/mol. The predicted octanol–water partition coefficient (Wildman–Crippen LogP) is 2.74. The second kappa shape index (κ2) is 5.63. The van der Waals surface area contributed by atoms with Crippen LogP contribution in [0.1, 0.15) is 5.56 Å². The average Bonchev–Trinajstić information content (AvgIpc) is 2.90. The van der Waals surface area contributed by atoms with E-state index in [1.54, 1.807) is 18.2 Å². The number of thiophene rings is 1. The summed E-state index contributed by atoms with van der Waals surface area (Å²) in [6.45, 7) is 0. The molecule has 0 atom stereocenters. The number of sulfone groups is 1. The van der Waals surface area contributed by atoms with E-state index in [1.807, 2.05) is 10.8 Å². The van der Waals surface area contributed by atoms with Crippen LogP contribution in [0, 0.1) is 0 Å². The van der Waals surface area contributed by atoms with Crippen molar-refractivity contribution in [3.8, 4) is 11.5 Å². The van der Waals surface area contributed by atoms with Gasteiger partial charge in [0.05, 0.1) is 20.0 Å². The van der Waals surface area contributed by atoms with Crippen molar-refractivity contribution in [2.45, 2.75) is 10.6 Å². The topological polar surface area (TPSA) is 52.6 Å². The van der Waals surface area contributed by atoms with E-state index in [0.29, 0.717) is 11.5 Å². The zero-order chi connectivity index (χ0) is 13.9. The van der Waals surface area contributed by atoms with Gasteiger partial charge < -0.3 is 9.47 Å². The van der Waals surface area contributed by atoms with Gasteiger partial charge >= 0.3 is 0 Å². The molecule has 0 saturated carbocycles. The van der Waals surface area contributed by atoms with Gasteiger partial charge in [-0.1, -0.05) is 0 Å². The van der Waals surface area contributed by atoms with Gasteiger partial charge in [0.15, 0.2) is 9.84 Å². The number of methoxy groups -OCH3 is 2. The lowest BCUT2D eigenvalue weighted by Gasteiger charge is -2.10. The highest BCUT2D eigenvalue weighted by Gasteiger charge is 2.21. The van der Waals surface area contributed by atoms with Crippen LogP contribution >= 0.6 is 11.3 Å². The Bertz CT molecular complexity index is 645. The van der Waals surface area contributed by atoms with Crippen LogP contribution in [0.3, 0.4) is 0 Å². The Hall–Kier alpha value is -1.53. The van der Waals surface area contributed by atoms with Crippen LogP contribution in [-0.2, 0) is 15.6 Å². The maximum Gasteiger partial charge on any atom is 0.186 e. The molecule has 0 spiro atoms. The van der Waals surface area contributed by atoms with Crippen LogP contribution in [0.15, 0.2) is 39.9 Å². The molecule has 0 N–H and O–H groups in total. The third kappa shape index (κ3) is 3.08. The summed E-state index contributed by atoms with van der Waals surface area (Å²) in [6, 6.07) is 6.55. The number of hydrogen-bond donors (Lipinski definition) is 0. The van der Waals surface area contributed by atoms with E-state index < -0.39 is 9.84 Å². The van der Waals surface area contributed by atoms with Crippen LogP contribution in [0.4, 0.5) is 0 Å². The molecular weight excluding hydrogens is 284 g/mol. The van der Waals surface area contributed by atoms with Crippen LogP contribution in [-0.4, -0.2) is 22.6 Å². The summed E-state index contributed by atoms with van der Waals surface area (Å²) in [5.74, 6) is 0.778. The van der Waals surface area contributed by atoms with Crippen molar-refractivity contribution in [3.63, 3.8) is 0 Å². The number of hydrogen-bond acceptors (Lipinski definition) is 5. The van der Waals surface area contributed by atoms with Gasteiger partial charge in [-0.25, -0.2) is 8.42 Å². The highest BCUT2D eigenvalue weighted by Crippen LogP contribution is 2.30. The zero-order valence-corrected chi connectivity index (χ0v) is 12.3. The molecule has 0 saturated heterocycles. The van der Waals surface area contributed by atoms with Crippen LogP contribution < -0.4 is 9.47 Å². The largest absolute Gasteiger partial charge is 0.497 e. The van der Waals surface area contributed by atoms with Crippen molar-refractivity contribution in [1.29, 1.82) is 0 Å². The van der Waals surface area contributed by atoms with Crippen molar-refractivity contribution in [1.82, 2.24) is 0 Å². The van der Waals surface area contributed by atoms with Gasteiger partial charge in [-0.3, -0.25) is 0 Å². The van der Waals surface area contributed by atoms with Crippen molar-refractivity contribution in [2.75, 3.05) is 14.2 Å². The van der Waals surface area contributed by atoms with Gasteiger partial charge in [-0.2, -0.15) is 11.3 Å². The third-order valence-corrected chi connectivity index (χ3v) is 5.08. The third-order valence-electron chi connectivity index (χ3n) is 2.64. The smallest absolute Gasteiger partial charge is 0.186 e. The van der Waals surface area contributed by atoms with Gasteiger partial charge in [-0.05, 0) is 34.5 Å². The Balaban J connectivity index is 2.43. The Kier molecular flexibility index (Phi) is 4.11. The van der Waals surface area contributed by atoms with Gasteiger partial charge in [-0.15, -0.1) is 0 Å². The molecule has 2 aromatic rings. The minimum absolute atomic E-state index is 0.0416. The molecule has 1 aromatic heterocycles. The van der Waals surface area contributed by atoms with Crippen LogP contribution in [0.2, 0.25) is 0 Å². The summed E-state index contributed by atoms with van der Waals surface area (Å²) in [4.78, 5) is 0.153. The molecule has 1 heterocycles. The number of benzene rings is 1. The molecular formula is C13H14O4S2. The standard InChI is InChI=1S/C13H14O4S2/c1-16-11-3-4-12(17-2)13(7-11)19(14,15)9-10-5-6-18-8-10/h3-8H,9H2,1-2H3. The lowest BCUT2D eigenvalue weighted by Crippen LogP contribution is -2.06. The van der Waals surface area contributed by atoms with Gasteiger partial charge in [0.1, 0.15) is 16.4 Å². The second-order valence-corrected chi connectivity index (χ2v) is 6.65. The van der Waals surface area contributed by atoms with E-state index in [0.717, 1.165) is 5.56 Å². The van der Waals surface area contributed by atoms with Gasteiger partial charge in [0, 0.05) is 6.07 Å². The maximum atomic E-state index is 12.4. The summed E-state index contributed by atoms with van der Waals surface area (Å²) in [7, 11) is -0.510. The van der Waals surface area contributed by atoms with E-state index in [4.69, 9.17) is 9.47 Å². The Morgan fingerprint density at radius 1 is 1.16 bits per heavy atom. The van der Waals surface area contributed by atoms with Crippen molar-refractivity contribution < 1.29 is 17.9 Å². The fourth-order valence-electron chi connectivity index (χ4n) is 1.70. The van der Waals surface area contributed by atoms with Crippen molar-refractivity contribution >= 4 is 21.2 Å². The van der Waals surface area contributed by atoms with Gasteiger partial charge in [0.2, 0.25) is 0 Å². The monoisotopic (exact) mass is 298 g/mol. The Morgan fingerprint density at radius 2 is 1.95 bits per heavy atom. The summed E-state index contributed by atoms with van der Waals surface area (Å²) in [6.07, 6.45) is 0. The minimum Gasteiger partial charge on any atom is -0.497 e. The molecule has 0 fully saturated rings. The average molecular weight is 298 g/mol. The molecule has 0 amide bonds. The molecule has 102 valence electrons. The first-order chi connectivity index (χ1) is 9.06. The molecule has 1 aromatic carbocycles. The normalized spacial score (nSPS) is 11.3. The number of ether oxygens (including phenoxy) is 2. The molecule has 19 heavy (non-hydrogen) atoms. The van der Waals surface area contributed by atoms with Crippen LogP contribution in [0.25, 0.3) is 0 Å². The first-order valence-corrected chi connectivity index (χ1v) is 8.12. The van der Waals surface area contributed by atoms with Gasteiger partial charge in [0.25, 0.3) is 0 Å². The molecule has 0 aliphatic carbocycles. The molecule has 6 heteroatoms.